The van der Waals surface area contributed by atoms with E-state index >= 15 is 0 Å². The summed E-state index contributed by atoms with van der Waals surface area (Å²) in [6, 6.07) is 8.65. The van der Waals surface area contributed by atoms with E-state index in [1.54, 1.807) is 0 Å². The average molecular weight is 219 g/mol. The molecule has 1 aromatic rings. The molecular formula is C13H21N3. The molecule has 1 saturated heterocycles. The van der Waals surface area contributed by atoms with E-state index in [2.05, 4.69) is 41.1 Å². The third kappa shape index (κ3) is 3.04. The zero-order chi connectivity index (χ0) is 11.4. The van der Waals surface area contributed by atoms with Crippen LogP contribution in [-0.4, -0.2) is 43.0 Å². The number of benzene rings is 1. The molecule has 2 rings (SSSR count). The van der Waals surface area contributed by atoms with Crippen molar-refractivity contribution in [2.45, 2.75) is 13.1 Å². The molecule has 88 valence electrons. The molecule has 0 aromatic heterocycles. The number of nitrogens with zero attached hydrogens (tertiary/aromatic N) is 2. The maximum Gasteiger partial charge on any atom is 0.0234 e. The Bertz CT molecular complexity index is 312. The first-order valence-corrected chi connectivity index (χ1v) is 5.97. The van der Waals surface area contributed by atoms with Crippen molar-refractivity contribution in [3.05, 3.63) is 35.4 Å². The van der Waals surface area contributed by atoms with E-state index in [1.807, 2.05) is 0 Å². The number of piperazine rings is 1. The van der Waals surface area contributed by atoms with Crippen molar-refractivity contribution in [1.29, 1.82) is 0 Å². The molecule has 0 spiro atoms. The highest BCUT2D eigenvalue weighted by atomic mass is 15.2. The first-order valence-electron chi connectivity index (χ1n) is 5.97. The smallest absolute Gasteiger partial charge is 0.0234 e. The third-order valence-electron chi connectivity index (χ3n) is 3.26. The molecule has 0 bridgehead atoms. The monoisotopic (exact) mass is 219 g/mol. The SMILES string of the molecule is CN1CCN(Cc2ccc(CN)cc2)CC1. The van der Waals surface area contributed by atoms with Gasteiger partial charge in [0, 0.05) is 39.3 Å². The molecule has 1 fully saturated rings. The zero-order valence-corrected chi connectivity index (χ0v) is 10.0. The van der Waals surface area contributed by atoms with Gasteiger partial charge in [0.25, 0.3) is 0 Å². The van der Waals surface area contributed by atoms with Crippen LogP contribution < -0.4 is 5.73 Å². The van der Waals surface area contributed by atoms with E-state index in [4.69, 9.17) is 5.73 Å². The summed E-state index contributed by atoms with van der Waals surface area (Å²) in [4.78, 5) is 4.89. The predicted molar refractivity (Wildman–Crippen MR) is 67.1 cm³/mol. The van der Waals surface area contributed by atoms with Crippen LogP contribution in [0.15, 0.2) is 24.3 Å². The standard InChI is InChI=1S/C13H21N3/c1-15-6-8-16(9-7-15)11-13-4-2-12(10-14)3-5-13/h2-5H,6-11,14H2,1H3. The van der Waals surface area contributed by atoms with Gasteiger partial charge in [-0.2, -0.15) is 0 Å². The summed E-state index contributed by atoms with van der Waals surface area (Å²) in [6.45, 7) is 6.42. The minimum Gasteiger partial charge on any atom is -0.326 e. The summed E-state index contributed by atoms with van der Waals surface area (Å²) < 4.78 is 0. The van der Waals surface area contributed by atoms with E-state index in [0.29, 0.717) is 6.54 Å². The van der Waals surface area contributed by atoms with Gasteiger partial charge >= 0.3 is 0 Å². The maximum atomic E-state index is 5.58. The predicted octanol–water partition coefficient (Wildman–Crippen LogP) is 0.893. The van der Waals surface area contributed by atoms with Gasteiger partial charge in [-0.15, -0.1) is 0 Å². The summed E-state index contributed by atoms with van der Waals surface area (Å²) in [5.74, 6) is 0. The van der Waals surface area contributed by atoms with Crippen LogP contribution >= 0.6 is 0 Å². The fraction of sp³-hybridized carbons (Fsp3) is 0.538. The molecule has 2 N–H and O–H groups in total. The molecule has 0 radical (unpaired) electrons. The van der Waals surface area contributed by atoms with Gasteiger partial charge in [0.1, 0.15) is 0 Å². The lowest BCUT2D eigenvalue weighted by Gasteiger charge is -2.32. The highest BCUT2D eigenvalue weighted by Gasteiger charge is 2.13. The minimum absolute atomic E-state index is 0.634. The number of likely N-dealkylation sites (N-methyl/N-ethyl adjacent to an activating group) is 1. The molecule has 3 nitrogen and oxygen atoms in total. The van der Waals surface area contributed by atoms with Crippen LogP contribution in [0, 0.1) is 0 Å². The van der Waals surface area contributed by atoms with Crippen molar-refractivity contribution in [2.24, 2.45) is 5.73 Å². The Hall–Kier alpha value is -0.900. The highest BCUT2D eigenvalue weighted by molar-refractivity contribution is 5.22. The summed E-state index contributed by atoms with van der Waals surface area (Å²) in [5.41, 5.74) is 8.18. The number of hydrogen-bond donors (Lipinski definition) is 1. The molecule has 0 atom stereocenters. The molecule has 1 aliphatic heterocycles. The Morgan fingerprint density at radius 1 is 1.00 bits per heavy atom. The first-order chi connectivity index (χ1) is 7.78. The Balaban J connectivity index is 1.88. The largest absolute Gasteiger partial charge is 0.326 e. The number of nitrogens with two attached hydrogens (primary N) is 1. The summed E-state index contributed by atoms with van der Waals surface area (Å²) >= 11 is 0. The number of hydrogen-bond acceptors (Lipinski definition) is 3. The van der Waals surface area contributed by atoms with Gasteiger partial charge in [-0.3, -0.25) is 4.90 Å². The maximum absolute atomic E-state index is 5.58. The molecule has 1 aromatic carbocycles. The van der Waals surface area contributed by atoms with Crippen LogP contribution in [0.3, 0.4) is 0 Å². The second kappa shape index (κ2) is 5.43. The quantitative estimate of drug-likeness (QED) is 0.819. The third-order valence-corrected chi connectivity index (χ3v) is 3.26. The molecule has 0 amide bonds. The van der Waals surface area contributed by atoms with Gasteiger partial charge in [-0.1, -0.05) is 24.3 Å². The summed E-state index contributed by atoms with van der Waals surface area (Å²) in [5, 5.41) is 0. The van der Waals surface area contributed by atoms with Crippen molar-refractivity contribution >= 4 is 0 Å². The lowest BCUT2D eigenvalue weighted by molar-refractivity contribution is 0.148. The Kier molecular flexibility index (Phi) is 3.93. The molecular weight excluding hydrogens is 198 g/mol. The van der Waals surface area contributed by atoms with Gasteiger partial charge < -0.3 is 10.6 Å². The Morgan fingerprint density at radius 2 is 1.56 bits per heavy atom. The van der Waals surface area contributed by atoms with Gasteiger partial charge in [0.05, 0.1) is 0 Å². The normalized spacial score (nSPS) is 18.9. The van der Waals surface area contributed by atoms with Crippen molar-refractivity contribution in [3.8, 4) is 0 Å². The topological polar surface area (TPSA) is 32.5 Å². The fourth-order valence-electron chi connectivity index (χ4n) is 2.04. The van der Waals surface area contributed by atoms with E-state index < -0.39 is 0 Å². The van der Waals surface area contributed by atoms with Crippen molar-refractivity contribution < 1.29 is 0 Å². The van der Waals surface area contributed by atoms with Crippen LogP contribution in [0.5, 0.6) is 0 Å². The van der Waals surface area contributed by atoms with Crippen LogP contribution in [0.1, 0.15) is 11.1 Å². The average Bonchev–Trinajstić information content (AvgIpc) is 2.33. The van der Waals surface area contributed by atoms with Crippen molar-refractivity contribution in [2.75, 3.05) is 33.2 Å². The molecule has 0 saturated carbocycles. The van der Waals surface area contributed by atoms with E-state index in [0.717, 1.165) is 6.54 Å². The molecule has 1 heterocycles. The second-order valence-corrected chi connectivity index (χ2v) is 4.60. The Labute approximate surface area is 97.8 Å². The van der Waals surface area contributed by atoms with E-state index in [1.165, 1.54) is 37.3 Å². The van der Waals surface area contributed by atoms with Crippen LogP contribution in [0.4, 0.5) is 0 Å². The van der Waals surface area contributed by atoms with Gasteiger partial charge in [-0.05, 0) is 18.2 Å². The van der Waals surface area contributed by atoms with Gasteiger partial charge in [-0.25, -0.2) is 0 Å². The summed E-state index contributed by atoms with van der Waals surface area (Å²) in [6.07, 6.45) is 0. The van der Waals surface area contributed by atoms with Crippen LogP contribution in [0.2, 0.25) is 0 Å². The van der Waals surface area contributed by atoms with E-state index in [9.17, 15) is 0 Å². The van der Waals surface area contributed by atoms with Crippen LogP contribution in [-0.2, 0) is 13.1 Å². The molecule has 3 heteroatoms. The molecule has 0 unspecified atom stereocenters. The van der Waals surface area contributed by atoms with Gasteiger partial charge in [0.15, 0.2) is 0 Å². The highest BCUT2D eigenvalue weighted by Crippen LogP contribution is 2.09. The van der Waals surface area contributed by atoms with Crippen molar-refractivity contribution in [1.82, 2.24) is 9.80 Å². The Morgan fingerprint density at radius 3 is 2.12 bits per heavy atom. The lowest BCUT2D eigenvalue weighted by atomic mass is 10.1. The zero-order valence-electron chi connectivity index (χ0n) is 10.0. The second-order valence-electron chi connectivity index (χ2n) is 4.60. The summed E-state index contributed by atoms with van der Waals surface area (Å²) in [7, 11) is 2.19. The molecule has 1 aliphatic rings. The molecule has 0 aliphatic carbocycles. The molecule has 16 heavy (non-hydrogen) atoms. The minimum atomic E-state index is 0.634. The van der Waals surface area contributed by atoms with Crippen LogP contribution in [0.25, 0.3) is 0 Å². The van der Waals surface area contributed by atoms with Gasteiger partial charge in [0.2, 0.25) is 0 Å². The lowest BCUT2D eigenvalue weighted by Crippen LogP contribution is -2.43. The first kappa shape index (κ1) is 11.6. The van der Waals surface area contributed by atoms with Crippen molar-refractivity contribution in [3.63, 3.8) is 0 Å². The number of rotatable bonds is 3. The van der Waals surface area contributed by atoms with E-state index in [-0.39, 0.29) is 0 Å². The fourth-order valence-corrected chi connectivity index (χ4v) is 2.04.